The molecule has 1 aromatic heterocycles. The lowest BCUT2D eigenvalue weighted by atomic mass is 9.93. The van der Waals surface area contributed by atoms with Crippen LogP contribution in [0.25, 0.3) is 0 Å². The lowest BCUT2D eigenvalue weighted by Crippen LogP contribution is -2.15. The third kappa shape index (κ3) is 3.01. The molecule has 1 atom stereocenters. The summed E-state index contributed by atoms with van der Waals surface area (Å²) in [7, 11) is 1.98. The molecule has 0 spiro atoms. The maximum Gasteiger partial charge on any atom is 0.0849 e. The number of hydrogen-bond donors (Lipinski definition) is 0. The van der Waals surface area contributed by atoms with Gasteiger partial charge in [0.05, 0.1) is 16.4 Å². The number of aryl methyl sites for hydroxylation is 2. The summed E-state index contributed by atoms with van der Waals surface area (Å²) >= 11 is 9.91. The van der Waals surface area contributed by atoms with Crippen LogP contribution < -0.4 is 0 Å². The number of hydrogen-bond acceptors (Lipinski definition) is 1. The van der Waals surface area contributed by atoms with Gasteiger partial charge in [-0.25, -0.2) is 0 Å². The van der Waals surface area contributed by atoms with Crippen LogP contribution in [-0.4, -0.2) is 15.1 Å². The monoisotopic (exact) mass is 306 g/mol. The summed E-state index contributed by atoms with van der Waals surface area (Å²) in [6, 6.07) is 0. The highest BCUT2D eigenvalue weighted by Gasteiger charge is 2.19. The molecule has 0 radical (unpaired) electrons. The number of aromatic nitrogens is 2. The average Bonchev–Trinajstić information content (AvgIpc) is 2.51. The van der Waals surface area contributed by atoms with E-state index >= 15 is 0 Å². The van der Waals surface area contributed by atoms with Gasteiger partial charge < -0.3 is 0 Å². The topological polar surface area (TPSA) is 17.8 Å². The standard InChI is InChI=1S/C12H20BrClN2/c1-5-10-12(14)11(16(4)15-10)6-9(7-13)8(2)3/h8-9H,5-7H2,1-4H3. The average molecular weight is 308 g/mol. The summed E-state index contributed by atoms with van der Waals surface area (Å²) in [4.78, 5) is 0. The zero-order valence-corrected chi connectivity index (χ0v) is 12.8. The molecule has 4 heteroatoms. The Morgan fingerprint density at radius 3 is 2.44 bits per heavy atom. The second-order valence-electron chi connectivity index (χ2n) is 4.55. The van der Waals surface area contributed by atoms with E-state index in [1.807, 2.05) is 11.7 Å². The third-order valence-electron chi connectivity index (χ3n) is 3.10. The van der Waals surface area contributed by atoms with E-state index in [1.165, 1.54) is 0 Å². The van der Waals surface area contributed by atoms with Gasteiger partial charge in [0.1, 0.15) is 0 Å². The minimum Gasteiger partial charge on any atom is -0.271 e. The molecular formula is C12H20BrClN2. The van der Waals surface area contributed by atoms with Crippen molar-refractivity contribution >= 4 is 27.5 Å². The Hall–Kier alpha value is -0.0200. The zero-order chi connectivity index (χ0) is 12.3. The van der Waals surface area contributed by atoms with Crippen molar-refractivity contribution in [3.05, 3.63) is 16.4 Å². The zero-order valence-electron chi connectivity index (χ0n) is 10.4. The quantitative estimate of drug-likeness (QED) is 0.756. The molecule has 0 aromatic carbocycles. The van der Waals surface area contributed by atoms with Crippen molar-refractivity contribution in [2.45, 2.75) is 33.6 Å². The highest BCUT2D eigenvalue weighted by Crippen LogP contribution is 2.26. The summed E-state index contributed by atoms with van der Waals surface area (Å²) in [5, 5.41) is 6.31. The van der Waals surface area contributed by atoms with Crippen molar-refractivity contribution in [1.82, 2.24) is 9.78 Å². The first-order valence-electron chi connectivity index (χ1n) is 5.77. The van der Waals surface area contributed by atoms with Crippen LogP contribution in [0.4, 0.5) is 0 Å². The maximum atomic E-state index is 6.34. The van der Waals surface area contributed by atoms with Crippen LogP contribution in [0.5, 0.6) is 0 Å². The Labute approximate surface area is 111 Å². The van der Waals surface area contributed by atoms with E-state index in [9.17, 15) is 0 Å². The van der Waals surface area contributed by atoms with Crippen LogP contribution in [0.3, 0.4) is 0 Å². The molecule has 1 rings (SSSR count). The fourth-order valence-electron chi connectivity index (χ4n) is 1.76. The second kappa shape index (κ2) is 6.06. The van der Waals surface area contributed by atoms with E-state index in [0.717, 1.165) is 34.6 Å². The van der Waals surface area contributed by atoms with Crippen molar-refractivity contribution in [2.24, 2.45) is 18.9 Å². The van der Waals surface area contributed by atoms with Crippen molar-refractivity contribution in [2.75, 3.05) is 5.33 Å². The van der Waals surface area contributed by atoms with Crippen LogP contribution in [0, 0.1) is 11.8 Å². The lowest BCUT2D eigenvalue weighted by Gasteiger charge is -2.18. The summed E-state index contributed by atoms with van der Waals surface area (Å²) in [5.74, 6) is 1.26. The van der Waals surface area contributed by atoms with Crippen molar-refractivity contribution in [1.29, 1.82) is 0 Å². The fourth-order valence-corrected chi connectivity index (χ4v) is 3.11. The summed E-state index contributed by atoms with van der Waals surface area (Å²) < 4.78 is 1.93. The van der Waals surface area contributed by atoms with Crippen LogP contribution in [0.2, 0.25) is 5.02 Å². The molecule has 0 aliphatic carbocycles. The van der Waals surface area contributed by atoms with Gasteiger partial charge >= 0.3 is 0 Å². The van der Waals surface area contributed by atoms with Crippen LogP contribution in [0.1, 0.15) is 32.2 Å². The van der Waals surface area contributed by atoms with Gasteiger partial charge in [-0.15, -0.1) is 0 Å². The first kappa shape index (κ1) is 14.0. The second-order valence-corrected chi connectivity index (χ2v) is 5.57. The Morgan fingerprint density at radius 2 is 2.06 bits per heavy atom. The van der Waals surface area contributed by atoms with Gasteiger partial charge in [0, 0.05) is 12.4 Å². The van der Waals surface area contributed by atoms with Gasteiger partial charge in [0.2, 0.25) is 0 Å². The Morgan fingerprint density at radius 1 is 1.44 bits per heavy atom. The molecule has 0 saturated carbocycles. The Balaban J connectivity index is 2.91. The summed E-state index contributed by atoms with van der Waals surface area (Å²) in [6.45, 7) is 6.58. The maximum absolute atomic E-state index is 6.34. The number of halogens is 2. The molecule has 2 nitrogen and oxygen atoms in total. The Kier molecular flexibility index (Phi) is 5.32. The van der Waals surface area contributed by atoms with Crippen LogP contribution in [0.15, 0.2) is 0 Å². The first-order valence-corrected chi connectivity index (χ1v) is 7.27. The third-order valence-corrected chi connectivity index (χ3v) is 4.37. The van der Waals surface area contributed by atoms with E-state index < -0.39 is 0 Å². The molecule has 0 amide bonds. The SMILES string of the molecule is CCc1nn(C)c(CC(CBr)C(C)C)c1Cl. The number of nitrogens with zero attached hydrogens (tertiary/aromatic N) is 2. The smallest absolute Gasteiger partial charge is 0.0849 e. The van der Waals surface area contributed by atoms with Crippen molar-refractivity contribution in [3.63, 3.8) is 0 Å². The van der Waals surface area contributed by atoms with E-state index in [0.29, 0.717) is 11.8 Å². The van der Waals surface area contributed by atoms with Crippen LogP contribution in [-0.2, 0) is 19.9 Å². The highest BCUT2D eigenvalue weighted by molar-refractivity contribution is 9.09. The van der Waals surface area contributed by atoms with Gasteiger partial charge in [-0.2, -0.15) is 5.10 Å². The molecule has 16 heavy (non-hydrogen) atoms. The van der Waals surface area contributed by atoms with Crippen molar-refractivity contribution < 1.29 is 0 Å². The number of rotatable bonds is 5. The Bertz CT molecular complexity index is 347. The summed E-state index contributed by atoms with van der Waals surface area (Å²) in [6.07, 6.45) is 1.89. The molecule has 0 saturated heterocycles. The highest BCUT2D eigenvalue weighted by atomic mass is 79.9. The molecule has 0 aliphatic heterocycles. The first-order chi connectivity index (χ1) is 7.51. The molecule has 1 unspecified atom stereocenters. The lowest BCUT2D eigenvalue weighted by molar-refractivity contribution is 0.416. The van der Waals surface area contributed by atoms with E-state index in [4.69, 9.17) is 11.6 Å². The van der Waals surface area contributed by atoms with Crippen molar-refractivity contribution in [3.8, 4) is 0 Å². The van der Waals surface area contributed by atoms with Gasteiger partial charge in [-0.3, -0.25) is 4.68 Å². The van der Waals surface area contributed by atoms with Crippen LogP contribution >= 0.6 is 27.5 Å². The molecule has 92 valence electrons. The molecule has 0 aliphatic rings. The van der Waals surface area contributed by atoms with Gasteiger partial charge in [0.25, 0.3) is 0 Å². The fraction of sp³-hybridized carbons (Fsp3) is 0.750. The minimum atomic E-state index is 0.609. The normalized spacial score (nSPS) is 13.4. The predicted octanol–water partition coefficient (Wildman–Crippen LogP) is 3.85. The number of alkyl halides is 1. The molecule has 0 N–H and O–H groups in total. The molecular weight excluding hydrogens is 288 g/mol. The largest absolute Gasteiger partial charge is 0.271 e. The van der Waals surface area contributed by atoms with Gasteiger partial charge in [-0.1, -0.05) is 48.3 Å². The molecule has 0 bridgehead atoms. The molecule has 0 fully saturated rings. The summed E-state index contributed by atoms with van der Waals surface area (Å²) in [5.41, 5.74) is 2.17. The van der Waals surface area contributed by atoms with E-state index in [1.54, 1.807) is 0 Å². The molecule has 1 heterocycles. The minimum absolute atomic E-state index is 0.609. The van der Waals surface area contributed by atoms with E-state index in [2.05, 4.69) is 41.8 Å². The van der Waals surface area contributed by atoms with Gasteiger partial charge in [-0.05, 0) is 24.7 Å². The molecule has 1 aromatic rings. The van der Waals surface area contributed by atoms with E-state index in [-0.39, 0.29) is 0 Å². The van der Waals surface area contributed by atoms with Gasteiger partial charge in [0.15, 0.2) is 0 Å². The predicted molar refractivity (Wildman–Crippen MR) is 73.4 cm³/mol.